The van der Waals surface area contributed by atoms with E-state index < -0.39 is 5.97 Å². The zero-order valence-electron chi connectivity index (χ0n) is 11.5. The smallest absolute Gasteiger partial charge is 0.337 e. The molecular formula is C16H15ClO3S. The van der Waals surface area contributed by atoms with E-state index in [0.717, 1.165) is 22.0 Å². The fourth-order valence-electron chi connectivity index (χ4n) is 1.78. The van der Waals surface area contributed by atoms with Crippen LogP contribution in [-0.4, -0.2) is 23.4 Å². The van der Waals surface area contributed by atoms with Crippen molar-refractivity contribution in [3.63, 3.8) is 0 Å². The van der Waals surface area contributed by atoms with Crippen molar-refractivity contribution in [3.8, 4) is 5.75 Å². The molecule has 0 radical (unpaired) electrons. The molecule has 0 saturated carbocycles. The van der Waals surface area contributed by atoms with Gasteiger partial charge in [-0.3, -0.25) is 0 Å². The van der Waals surface area contributed by atoms with E-state index in [4.69, 9.17) is 21.4 Å². The Hall–Kier alpha value is -1.65. The van der Waals surface area contributed by atoms with Crippen LogP contribution in [0.5, 0.6) is 5.75 Å². The molecule has 5 heteroatoms. The highest BCUT2D eigenvalue weighted by atomic mass is 35.5. The van der Waals surface area contributed by atoms with Crippen molar-refractivity contribution in [1.82, 2.24) is 0 Å². The Kier molecular flexibility index (Phi) is 5.53. The Morgan fingerprint density at radius 3 is 2.81 bits per heavy atom. The van der Waals surface area contributed by atoms with E-state index >= 15 is 0 Å². The average Bonchev–Trinajstić information content (AvgIpc) is 2.45. The highest BCUT2D eigenvalue weighted by Crippen LogP contribution is 2.24. The molecule has 1 N–H and O–H groups in total. The van der Waals surface area contributed by atoms with Gasteiger partial charge in [0.25, 0.3) is 0 Å². The van der Waals surface area contributed by atoms with Gasteiger partial charge in [-0.2, -0.15) is 0 Å². The number of thioether (sulfide) groups is 1. The Balaban J connectivity index is 1.86. The molecule has 0 aliphatic carbocycles. The van der Waals surface area contributed by atoms with Gasteiger partial charge in [0.05, 0.1) is 17.2 Å². The standard InChI is InChI=1S/C16H15ClO3S/c1-11-3-2-4-12(9-11)20-7-8-21-13-5-6-15(17)14(10-13)16(18)19/h2-6,9-10H,7-8H2,1H3,(H,18,19). The lowest BCUT2D eigenvalue weighted by molar-refractivity contribution is 0.0697. The number of benzene rings is 2. The summed E-state index contributed by atoms with van der Waals surface area (Å²) in [6, 6.07) is 12.9. The Morgan fingerprint density at radius 2 is 2.10 bits per heavy atom. The van der Waals surface area contributed by atoms with Crippen LogP contribution in [0.4, 0.5) is 0 Å². The first kappa shape index (κ1) is 15.7. The second kappa shape index (κ2) is 7.38. The van der Waals surface area contributed by atoms with Gasteiger partial charge >= 0.3 is 5.97 Å². The molecular weight excluding hydrogens is 308 g/mol. The van der Waals surface area contributed by atoms with E-state index in [1.165, 1.54) is 11.8 Å². The summed E-state index contributed by atoms with van der Waals surface area (Å²) >= 11 is 7.37. The first-order chi connectivity index (χ1) is 10.1. The number of carboxylic acids is 1. The number of carbonyl (C=O) groups is 1. The van der Waals surface area contributed by atoms with Crippen molar-refractivity contribution in [3.05, 3.63) is 58.6 Å². The van der Waals surface area contributed by atoms with Crippen LogP contribution in [0.25, 0.3) is 0 Å². The zero-order valence-corrected chi connectivity index (χ0v) is 13.1. The fourth-order valence-corrected chi connectivity index (χ4v) is 2.75. The number of ether oxygens (including phenoxy) is 1. The Bertz CT molecular complexity index is 643. The van der Waals surface area contributed by atoms with Crippen LogP contribution in [0.15, 0.2) is 47.4 Å². The van der Waals surface area contributed by atoms with Gasteiger partial charge in [-0.1, -0.05) is 23.7 Å². The lowest BCUT2D eigenvalue weighted by atomic mass is 10.2. The molecule has 0 aliphatic rings. The molecule has 0 heterocycles. The van der Waals surface area contributed by atoms with Gasteiger partial charge in [-0.25, -0.2) is 4.79 Å². The van der Waals surface area contributed by atoms with Crippen molar-refractivity contribution < 1.29 is 14.6 Å². The van der Waals surface area contributed by atoms with Crippen molar-refractivity contribution in [2.45, 2.75) is 11.8 Å². The summed E-state index contributed by atoms with van der Waals surface area (Å²) in [7, 11) is 0. The first-order valence-electron chi connectivity index (χ1n) is 6.41. The number of hydrogen-bond acceptors (Lipinski definition) is 3. The highest BCUT2D eigenvalue weighted by Gasteiger charge is 2.09. The lowest BCUT2D eigenvalue weighted by Gasteiger charge is -2.07. The lowest BCUT2D eigenvalue weighted by Crippen LogP contribution is -2.01. The van der Waals surface area contributed by atoms with Gasteiger partial charge in [0.1, 0.15) is 5.75 Å². The fraction of sp³-hybridized carbons (Fsp3) is 0.188. The number of aryl methyl sites for hydroxylation is 1. The molecule has 2 aromatic carbocycles. The molecule has 0 bridgehead atoms. The van der Waals surface area contributed by atoms with Crippen LogP contribution in [0, 0.1) is 6.92 Å². The zero-order chi connectivity index (χ0) is 15.2. The van der Waals surface area contributed by atoms with E-state index in [-0.39, 0.29) is 10.6 Å². The number of rotatable bonds is 6. The molecule has 110 valence electrons. The van der Waals surface area contributed by atoms with E-state index in [0.29, 0.717) is 6.61 Å². The predicted molar refractivity (Wildman–Crippen MR) is 85.8 cm³/mol. The SMILES string of the molecule is Cc1cccc(OCCSc2ccc(Cl)c(C(=O)O)c2)c1. The van der Waals surface area contributed by atoms with Gasteiger partial charge in [0.2, 0.25) is 0 Å². The molecule has 0 unspecified atom stereocenters. The topological polar surface area (TPSA) is 46.5 Å². The van der Waals surface area contributed by atoms with E-state index in [9.17, 15) is 4.79 Å². The molecule has 2 aromatic rings. The number of halogens is 1. The summed E-state index contributed by atoms with van der Waals surface area (Å²) < 4.78 is 5.65. The van der Waals surface area contributed by atoms with Crippen molar-refractivity contribution in [1.29, 1.82) is 0 Å². The van der Waals surface area contributed by atoms with Crippen LogP contribution in [-0.2, 0) is 0 Å². The third kappa shape index (κ3) is 4.69. The van der Waals surface area contributed by atoms with Crippen molar-refractivity contribution >= 4 is 29.3 Å². The van der Waals surface area contributed by atoms with Crippen LogP contribution in [0.3, 0.4) is 0 Å². The molecule has 0 atom stereocenters. The number of hydrogen-bond donors (Lipinski definition) is 1. The molecule has 0 spiro atoms. The van der Waals surface area contributed by atoms with E-state index in [2.05, 4.69) is 0 Å². The minimum absolute atomic E-state index is 0.126. The molecule has 0 fully saturated rings. The van der Waals surface area contributed by atoms with E-state index in [1.807, 2.05) is 37.3 Å². The number of aromatic carboxylic acids is 1. The van der Waals surface area contributed by atoms with Gasteiger partial charge in [-0.05, 0) is 42.8 Å². The molecule has 2 rings (SSSR count). The third-order valence-corrected chi connectivity index (χ3v) is 4.07. The third-order valence-electron chi connectivity index (χ3n) is 2.78. The summed E-state index contributed by atoms with van der Waals surface area (Å²) in [6.45, 7) is 2.57. The second-order valence-electron chi connectivity index (χ2n) is 4.46. The normalized spacial score (nSPS) is 10.4. The summed E-state index contributed by atoms with van der Waals surface area (Å²) in [6.07, 6.45) is 0. The van der Waals surface area contributed by atoms with Gasteiger partial charge in [-0.15, -0.1) is 11.8 Å². The van der Waals surface area contributed by atoms with Crippen LogP contribution in [0.1, 0.15) is 15.9 Å². The minimum Gasteiger partial charge on any atom is -0.493 e. The largest absolute Gasteiger partial charge is 0.493 e. The molecule has 3 nitrogen and oxygen atoms in total. The maximum Gasteiger partial charge on any atom is 0.337 e. The maximum atomic E-state index is 11.0. The monoisotopic (exact) mass is 322 g/mol. The van der Waals surface area contributed by atoms with Crippen molar-refractivity contribution in [2.24, 2.45) is 0 Å². The maximum absolute atomic E-state index is 11.0. The van der Waals surface area contributed by atoms with Gasteiger partial charge in [0.15, 0.2) is 0 Å². The van der Waals surface area contributed by atoms with Gasteiger partial charge < -0.3 is 9.84 Å². The van der Waals surface area contributed by atoms with E-state index in [1.54, 1.807) is 12.1 Å². The quantitative estimate of drug-likeness (QED) is 0.627. The molecule has 0 amide bonds. The highest BCUT2D eigenvalue weighted by molar-refractivity contribution is 7.99. The second-order valence-corrected chi connectivity index (χ2v) is 6.04. The predicted octanol–water partition coefficient (Wildman–Crippen LogP) is 4.52. The van der Waals surface area contributed by atoms with Crippen LogP contribution >= 0.6 is 23.4 Å². The summed E-state index contributed by atoms with van der Waals surface area (Å²) in [5, 5.41) is 9.27. The summed E-state index contributed by atoms with van der Waals surface area (Å²) in [4.78, 5) is 11.9. The van der Waals surface area contributed by atoms with Crippen molar-refractivity contribution in [2.75, 3.05) is 12.4 Å². The molecule has 0 saturated heterocycles. The Labute approximate surface area is 132 Å². The van der Waals surface area contributed by atoms with Gasteiger partial charge in [0, 0.05) is 10.6 Å². The average molecular weight is 323 g/mol. The first-order valence-corrected chi connectivity index (χ1v) is 7.78. The minimum atomic E-state index is -1.02. The number of carboxylic acid groups (broad SMARTS) is 1. The molecule has 21 heavy (non-hydrogen) atoms. The molecule has 0 aromatic heterocycles. The van der Waals surface area contributed by atoms with Crippen LogP contribution in [0.2, 0.25) is 5.02 Å². The van der Waals surface area contributed by atoms with Crippen LogP contribution < -0.4 is 4.74 Å². The molecule has 0 aliphatic heterocycles. The Morgan fingerprint density at radius 1 is 1.29 bits per heavy atom. The summed E-state index contributed by atoms with van der Waals surface area (Å²) in [5.74, 6) is 0.561. The summed E-state index contributed by atoms with van der Waals surface area (Å²) in [5.41, 5.74) is 1.28.